The SMILES string of the molecule is Cc1ccc(-c2nnc(CCC(=O)N[C@@H](C)c3ccc4c(c3)CCCC4)o2)cc1. The van der Waals surface area contributed by atoms with E-state index in [1.165, 1.54) is 41.5 Å². The van der Waals surface area contributed by atoms with Crippen LogP contribution in [0.4, 0.5) is 0 Å². The number of nitrogens with zero attached hydrogens (tertiary/aromatic N) is 2. The molecule has 5 nitrogen and oxygen atoms in total. The van der Waals surface area contributed by atoms with Crippen molar-refractivity contribution in [1.29, 1.82) is 0 Å². The van der Waals surface area contributed by atoms with Gasteiger partial charge in [-0.2, -0.15) is 0 Å². The number of aryl methyl sites for hydroxylation is 4. The predicted octanol–water partition coefficient (Wildman–Crippen LogP) is 4.73. The molecule has 0 saturated carbocycles. The van der Waals surface area contributed by atoms with Gasteiger partial charge in [-0.05, 0) is 68.4 Å². The van der Waals surface area contributed by atoms with Crippen molar-refractivity contribution < 1.29 is 9.21 Å². The molecule has 0 bridgehead atoms. The Morgan fingerprint density at radius 3 is 2.62 bits per heavy atom. The summed E-state index contributed by atoms with van der Waals surface area (Å²) in [7, 11) is 0. The first-order chi connectivity index (χ1) is 14.1. The van der Waals surface area contributed by atoms with Crippen LogP contribution in [0.1, 0.15) is 60.4 Å². The molecule has 0 radical (unpaired) electrons. The molecule has 5 heteroatoms. The second-order valence-electron chi connectivity index (χ2n) is 7.89. The van der Waals surface area contributed by atoms with Crippen molar-refractivity contribution in [1.82, 2.24) is 15.5 Å². The van der Waals surface area contributed by atoms with Crippen LogP contribution >= 0.6 is 0 Å². The zero-order chi connectivity index (χ0) is 20.2. The molecule has 4 rings (SSSR count). The molecule has 29 heavy (non-hydrogen) atoms. The molecule has 0 fully saturated rings. The monoisotopic (exact) mass is 389 g/mol. The van der Waals surface area contributed by atoms with Gasteiger partial charge in [-0.15, -0.1) is 10.2 Å². The van der Waals surface area contributed by atoms with Crippen LogP contribution in [0.5, 0.6) is 0 Å². The molecule has 1 heterocycles. The van der Waals surface area contributed by atoms with Crippen LogP contribution in [0.15, 0.2) is 46.9 Å². The summed E-state index contributed by atoms with van der Waals surface area (Å²) in [5.41, 5.74) is 6.13. The van der Waals surface area contributed by atoms with Gasteiger partial charge < -0.3 is 9.73 Å². The summed E-state index contributed by atoms with van der Waals surface area (Å²) < 4.78 is 5.71. The average molecular weight is 389 g/mol. The number of amides is 1. The lowest BCUT2D eigenvalue weighted by Gasteiger charge is -2.20. The normalized spacial score (nSPS) is 14.3. The van der Waals surface area contributed by atoms with E-state index in [1.54, 1.807) is 0 Å². The van der Waals surface area contributed by atoms with Crippen molar-refractivity contribution in [2.75, 3.05) is 0 Å². The molecule has 2 aromatic carbocycles. The maximum Gasteiger partial charge on any atom is 0.247 e. The Kier molecular flexibility index (Phi) is 5.74. The summed E-state index contributed by atoms with van der Waals surface area (Å²) in [6, 6.07) is 14.5. The van der Waals surface area contributed by atoms with E-state index in [-0.39, 0.29) is 11.9 Å². The van der Waals surface area contributed by atoms with Gasteiger partial charge in [-0.25, -0.2) is 0 Å². The van der Waals surface area contributed by atoms with Crippen molar-refractivity contribution in [2.24, 2.45) is 0 Å². The van der Waals surface area contributed by atoms with Gasteiger partial charge in [0.25, 0.3) is 0 Å². The summed E-state index contributed by atoms with van der Waals surface area (Å²) in [5, 5.41) is 11.3. The second-order valence-corrected chi connectivity index (χ2v) is 7.89. The van der Waals surface area contributed by atoms with Crippen molar-refractivity contribution in [2.45, 2.75) is 58.4 Å². The Hall–Kier alpha value is -2.95. The number of benzene rings is 2. The van der Waals surface area contributed by atoms with E-state index in [1.807, 2.05) is 38.1 Å². The summed E-state index contributed by atoms with van der Waals surface area (Å²) >= 11 is 0. The third-order valence-corrected chi connectivity index (χ3v) is 5.58. The fourth-order valence-electron chi connectivity index (χ4n) is 3.81. The molecule has 1 aliphatic carbocycles. The molecule has 0 spiro atoms. The number of fused-ring (bicyclic) bond motifs is 1. The third kappa shape index (κ3) is 4.73. The number of carbonyl (C=O) groups is 1. The lowest BCUT2D eigenvalue weighted by molar-refractivity contribution is -0.121. The van der Waals surface area contributed by atoms with Crippen molar-refractivity contribution >= 4 is 5.91 Å². The second kappa shape index (κ2) is 8.60. The van der Waals surface area contributed by atoms with Gasteiger partial charge in [-0.3, -0.25) is 4.79 Å². The molecule has 1 atom stereocenters. The molecule has 1 aliphatic rings. The minimum Gasteiger partial charge on any atom is -0.421 e. The van der Waals surface area contributed by atoms with Gasteiger partial charge in [0.1, 0.15) is 0 Å². The van der Waals surface area contributed by atoms with E-state index < -0.39 is 0 Å². The fraction of sp³-hybridized carbons (Fsp3) is 0.375. The quantitative estimate of drug-likeness (QED) is 0.661. The maximum atomic E-state index is 12.4. The first kappa shape index (κ1) is 19.4. The fourth-order valence-corrected chi connectivity index (χ4v) is 3.81. The topological polar surface area (TPSA) is 68.0 Å². The van der Waals surface area contributed by atoms with Gasteiger partial charge >= 0.3 is 0 Å². The Labute approximate surface area is 171 Å². The van der Waals surface area contributed by atoms with Gasteiger partial charge in [-0.1, -0.05) is 35.9 Å². The maximum absolute atomic E-state index is 12.4. The lowest BCUT2D eigenvalue weighted by atomic mass is 9.89. The zero-order valence-corrected chi connectivity index (χ0v) is 17.1. The van der Waals surface area contributed by atoms with E-state index in [9.17, 15) is 4.79 Å². The number of aromatic nitrogens is 2. The lowest BCUT2D eigenvalue weighted by Crippen LogP contribution is -2.27. The van der Waals surface area contributed by atoms with Crippen molar-refractivity contribution in [3.05, 3.63) is 70.6 Å². The van der Waals surface area contributed by atoms with Gasteiger partial charge in [0.2, 0.25) is 17.7 Å². The molecular weight excluding hydrogens is 362 g/mol. The molecule has 1 amide bonds. The van der Waals surface area contributed by atoms with E-state index >= 15 is 0 Å². The zero-order valence-electron chi connectivity index (χ0n) is 17.1. The molecule has 0 aliphatic heterocycles. The number of nitrogens with one attached hydrogen (secondary N) is 1. The molecule has 1 aromatic heterocycles. The highest BCUT2D eigenvalue weighted by atomic mass is 16.4. The summed E-state index contributed by atoms with van der Waals surface area (Å²) in [6.07, 6.45) is 5.60. The summed E-state index contributed by atoms with van der Waals surface area (Å²) in [6.45, 7) is 4.07. The van der Waals surface area contributed by atoms with Gasteiger partial charge in [0, 0.05) is 18.4 Å². The molecule has 0 unspecified atom stereocenters. The number of carbonyl (C=O) groups excluding carboxylic acids is 1. The molecule has 1 N–H and O–H groups in total. The van der Waals surface area contributed by atoms with E-state index in [0.29, 0.717) is 24.6 Å². The van der Waals surface area contributed by atoms with Gasteiger partial charge in [0.15, 0.2) is 0 Å². The van der Waals surface area contributed by atoms with Crippen LogP contribution in [0.3, 0.4) is 0 Å². The third-order valence-electron chi connectivity index (χ3n) is 5.58. The smallest absolute Gasteiger partial charge is 0.247 e. The molecule has 3 aromatic rings. The largest absolute Gasteiger partial charge is 0.421 e. The van der Waals surface area contributed by atoms with Crippen LogP contribution in [-0.2, 0) is 24.1 Å². The van der Waals surface area contributed by atoms with Gasteiger partial charge in [0.05, 0.1) is 6.04 Å². The first-order valence-corrected chi connectivity index (χ1v) is 10.4. The highest BCUT2D eigenvalue weighted by molar-refractivity contribution is 5.76. The molecule has 0 saturated heterocycles. The minimum atomic E-state index is -0.0134. The Bertz CT molecular complexity index is 992. The van der Waals surface area contributed by atoms with Crippen LogP contribution in [0, 0.1) is 6.92 Å². The minimum absolute atomic E-state index is 0.00898. The Balaban J connectivity index is 1.31. The average Bonchev–Trinajstić information content (AvgIpc) is 3.21. The van der Waals surface area contributed by atoms with E-state index in [0.717, 1.165) is 12.0 Å². The number of hydrogen-bond acceptors (Lipinski definition) is 4. The van der Waals surface area contributed by atoms with Crippen LogP contribution in [-0.4, -0.2) is 16.1 Å². The summed E-state index contributed by atoms with van der Waals surface area (Å²) in [4.78, 5) is 12.4. The highest BCUT2D eigenvalue weighted by Crippen LogP contribution is 2.25. The Morgan fingerprint density at radius 1 is 1.07 bits per heavy atom. The van der Waals surface area contributed by atoms with Crippen LogP contribution < -0.4 is 5.32 Å². The Morgan fingerprint density at radius 2 is 1.83 bits per heavy atom. The van der Waals surface area contributed by atoms with Crippen molar-refractivity contribution in [3.63, 3.8) is 0 Å². The predicted molar refractivity (Wildman–Crippen MR) is 112 cm³/mol. The number of rotatable bonds is 6. The summed E-state index contributed by atoms with van der Waals surface area (Å²) in [5.74, 6) is 0.963. The molecular formula is C24H27N3O2. The van der Waals surface area contributed by atoms with Crippen LogP contribution in [0.2, 0.25) is 0 Å². The van der Waals surface area contributed by atoms with Crippen molar-refractivity contribution in [3.8, 4) is 11.5 Å². The van der Waals surface area contributed by atoms with E-state index in [4.69, 9.17) is 4.42 Å². The number of hydrogen-bond donors (Lipinski definition) is 1. The molecule has 150 valence electrons. The standard InChI is InChI=1S/C24H27N3O2/c1-16-7-9-19(10-8-16)24-27-26-23(29-24)14-13-22(28)25-17(2)20-12-11-18-5-3-4-6-21(18)15-20/h7-12,15,17H,3-6,13-14H2,1-2H3,(H,25,28)/t17-/m0/s1. The van der Waals surface area contributed by atoms with E-state index in [2.05, 4.69) is 33.7 Å². The highest BCUT2D eigenvalue weighted by Gasteiger charge is 2.15. The van der Waals surface area contributed by atoms with Crippen LogP contribution in [0.25, 0.3) is 11.5 Å². The first-order valence-electron chi connectivity index (χ1n) is 10.4.